The Morgan fingerprint density at radius 3 is 2.65 bits per heavy atom. The van der Waals surface area contributed by atoms with Crippen LogP contribution in [0.2, 0.25) is 0 Å². The molecular weight excluding hydrogens is 294 g/mol. The minimum atomic E-state index is -1.36. The van der Waals surface area contributed by atoms with E-state index >= 15 is 0 Å². The molecule has 2 amide bonds. The molecule has 23 heavy (non-hydrogen) atoms. The average molecular weight is 323 g/mol. The first kappa shape index (κ1) is 17.9. The largest absolute Gasteiger partial charge is 0.362 e. The highest BCUT2D eigenvalue weighted by atomic mass is 16.3. The van der Waals surface area contributed by atoms with Crippen LogP contribution in [0.3, 0.4) is 0 Å². The van der Waals surface area contributed by atoms with Crippen LogP contribution in [0.25, 0.3) is 0 Å². The van der Waals surface area contributed by atoms with E-state index in [4.69, 9.17) is 0 Å². The van der Waals surface area contributed by atoms with Crippen LogP contribution >= 0.6 is 0 Å². The van der Waals surface area contributed by atoms with E-state index in [1.165, 1.54) is 17.7 Å². The molecule has 0 aromatic heterocycles. The molecule has 2 heterocycles. The number of aliphatic imine (C=N–C) groups is 1. The first-order chi connectivity index (χ1) is 11.1. The number of rotatable bonds is 10. The molecular formula is C17H29N3O3. The number of hydrogen-bond donors (Lipinski definition) is 2. The van der Waals surface area contributed by atoms with Crippen molar-refractivity contribution in [2.24, 2.45) is 4.99 Å². The lowest BCUT2D eigenvalue weighted by atomic mass is 10.1. The van der Waals surface area contributed by atoms with E-state index in [9.17, 15) is 14.7 Å². The maximum absolute atomic E-state index is 12.0. The molecule has 2 atom stereocenters. The van der Waals surface area contributed by atoms with Crippen LogP contribution in [-0.4, -0.2) is 46.0 Å². The van der Waals surface area contributed by atoms with Gasteiger partial charge in [0.05, 0.1) is 12.5 Å². The predicted molar refractivity (Wildman–Crippen MR) is 88.9 cm³/mol. The van der Waals surface area contributed by atoms with Crippen molar-refractivity contribution in [1.29, 1.82) is 0 Å². The van der Waals surface area contributed by atoms with Crippen molar-refractivity contribution in [3.8, 4) is 0 Å². The van der Waals surface area contributed by atoms with Gasteiger partial charge in [-0.05, 0) is 12.8 Å². The van der Waals surface area contributed by atoms with E-state index in [2.05, 4.69) is 24.2 Å². The maximum atomic E-state index is 12.0. The lowest BCUT2D eigenvalue weighted by molar-refractivity contribution is -0.124. The second kappa shape index (κ2) is 7.90. The summed E-state index contributed by atoms with van der Waals surface area (Å²) >= 11 is 0. The Morgan fingerprint density at radius 2 is 1.96 bits per heavy atom. The standard InChI is InChI=1S/C17H29N3O3/c1-3-5-7-8-9-10-14(21)19-13-12-15(22)20-16(17(13,20)23)18-11-6-4-2/h13,23H,3-12H2,1-2H3,(H,19,21)/t13-,17?,20?/m1/s1. The zero-order valence-corrected chi connectivity index (χ0v) is 14.3. The van der Waals surface area contributed by atoms with Gasteiger partial charge in [-0.15, -0.1) is 0 Å². The fraction of sp³-hybridized carbons (Fsp3) is 0.824. The molecule has 0 bridgehead atoms. The number of fused-ring (bicyclic) bond motifs is 1. The third-order valence-electron chi connectivity index (χ3n) is 4.56. The molecule has 2 rings (SSSR count). The van der Waals surface area contributed by atoms with E-state index in [0.717, 1.165) is 32.1 Å². The van der Waals surface area contributed by atoms with E-state index in [1.807, 2.05) is 0 Å². The predicted octanol–water partition coefficient (Wildman–Crippen LogP) is 1.96. The Bertz CT molecular complexity index is 478. The molecule has 2 N–H and O–H groups in total. The molecule has 1 unspecified atom stereocenters. The zero-order valence-electron chi connectivity index (χ0n) is 14.3. The fourth-order valence-electron chi connectivity index (χ4n) is 3.11. The minimum absolute atomic E-state index is 0.0885. The highest BCUT2D eigenvalue weighted by molar-refractivity contribution is 6.20. The molecule has 0 saturated carbocycles. The van der Waals surface area contributed by atoms with Gasteiger partial charge in [0.1, 0.15) is 0 Å². The van der Waals surface area contributed by atoms with Crippen molar-refractivity contribution >= 4 is 17.6 Å². The number of unbranched alkanes of at least 4 members (excludes halogenated alkanes) is 5. The quantitative estimate of drug-likeness (QED) is 0.476. The average Bonchev–Trinajstić information content (AvgIpc) is 3.03. The zero-order chi connectivity index (χ0) is 16.9. The number of aliphatic hydroxyl groups is 1. The van der Waals surface area contributed by atoms with Gasteiger partial charge in [0.25, 0.3) is 0 Å². The number of hydrogen-bond acceptors (Lipinski definition) is 4. The molecule has 0 aliphatic carbocycles. The van der Waals surface area contributed by atoms with Crippen molar-refractivity contribution < 1.29 is 14.7 Å². The van der Waals surface area contributed by atoms with Crippen LogP contribution in [0.5, 0.6) is 0 Å². The summed E-state index contributed by atoms with van der Waals surface area (Å²) in [7, 11) is 0. The van der Waals surface area contributed by atoms with Crippen molar-refractivity contribution in [3.05, 3.63) is 0 Å². The molecule has 0 aromatic carbocycles. The number of amides is 2. The van der Waals surface area contributed by atoms with Crippen molar-refractivity contribution in [3.63, 3.8) is 0 Å². The summed E-state index contributed by atoms with van der Waals surface area (Å²) in [6.45, 7) is 4.83. The van der Waals surface area contributed by atoms with E-state index in [-0.39, 0.29) is 18.2 Å². The summed E-state index contributed by atoms with van der Waals surface area (Å²) in [5, 5.41) is 13.4. The number of nitrogens with zero attached hydrogens (tertiary/aromatic N) is 2. The van der Waals surface area contributed by atoms with Gasteiger partial charge in [0.2, 0.25) is 17.5 Å². The SMILES string of the molecule is CCCCCCCC(=O)N[C@@H]1CC(=O)N2C(=NCCCC)C12O. The number of nitrogens with one attached hydrogen (secondary N) is 1. The smallest absolute Gasteiger partial charge is 0.233 e. The highest BCUT2D eigenvalue weighted by Crippen LogP contribution is 2.44. The summed E-state index contributed by atoms with van der Waals surface area (Å²) in [4.78, 5) is 29.6. The lowest BCUT2D eigenvalue weighted by Crippen LogP contribution is -2.45. The van der Waals surface area contributed by atoms with Gasteiger partial charge >= 0.3 is 0 Å². The molecule has 2 aliphatic rings. The van der Waals surface area contributed by atoms with Crippen molar-refractivity contribution in [2.75, 3.05) is 6.54 Å². The molecule has 2 saturated heterocycles. The third-order valence-corrected chi connectivity index (χ3v) is 4.56. The van der Waals surface area contributed by atoms with Crippen LogP contribution in [0, 0.1) is 0 Å². The Balaban J connectivity index is 1.80. The summed E-state index contributed by atoms with van der Waals surface area (Å²) in [6.07, 6.45) is 7.98. The van der Waals surface area contributed by atoms with E-state index in [0.29, 0.717) is 18.8 Å². The van der Waals surface area contributed by atoms with Crippen LogP contribution in [0.4, 0.5) is 0 Å². The summed E-state index contributed by atoms with van der Waals surface area (Å²) in [5.41, 5.74) is -1.36. The number of amidine groups is 1. The van der Waals surface area contributed by atoms with Crippen molar-refractivity contribution in [1.82, 2.24) is 10.2 Å². The van der Waals surface area contributed by atoms with Gasteiger partial charge in [-0.3, -0.25) is 19.5 Å². The van der Waals surface area contributed by atoms with E-state index in [1.54, 1.807) is 0 Å². The van der Waals surface area contributed by atoms with Crippen LogP contribution < -0.4 is 5.32 Å². The van der Waals surface area contributed by atoms with Gasteiger partial charge < -0.3 is 10.4 Å². The summed E-state index contributed by atoms with van der Waals surface area (Å²) in [6, 6.07) is -0.557. The Labute approximate surface area is 138 Å². The molecule has 0 aromatic rings. The van der Waals surface area contributed by atoms with Gasteiger partial charge in [0, 0.05) is 13.0 Å². The molecule has 130 valence electrons. The summed E-state index contributed by atoms with van der Waals surface area (Å²) < 4.78 is 0. The second-order valence-corrected chi connectivity index (χ2v) is 6.50. The van der Waals surface area contributed by atoms with Crippen LogP contribution in [0.1, 0.15) is 71.6 Å². The lowest BCUT2D eigenvalue weighted by Gasteiger charge is -2.16. The minimum Gasteiger partial charge on any atom is -0.362 e. The van der Waals surface area contributed by atoms with Gasteiger partial charge in [-0.1, -0.05) is 46.0 Å². The molecule has 6 heteroatoms. The van der Waals surface area contributed by atoms with E-state index < -0.39 is 11.8 Å². The second-order valence-electron chi connectivity index (χ2n) is 6.50. The van der Waals surface area contributed by atoms with Crippen LogP contribution in [0.15, 0.2) is 4.99 Å². The topological polar surface area (TPSA) is 81.8 Å². The molecule has 2 fully saturated rings. The number of piperidine rings is 1. The first-order valence-corrected chi connectivity index (χ1v) is 8.95. The highest BCUT2D eigenvalue weighted by Gasteiger charge is 2.72. The summed E-state index contributed by atoms with van der Waals surface area (Å²) in [5.74, 6) is 0.181. The number of carbonyl (C=O) groups is 2. The Kier molecular flexibility index (Phi) is 6.16. The first-order valence-electron chi connectivity index (χ1n) is 8.95. The van der Waals surface area contributed by atoms with Gasteiger partial charge in [-0.2, -0.15) is 0 Å². The molecule has 0 radical (unpaired) electrons. The van der Waals surface area contributed by atoms with Gasteiger partial charge in [0.15, 0.2) is 5.84 Å². The molecule has 0 spiro atoms. The monoisotopic (exact) mass is 323 g/mol. The van der Waals surface area contributed by atoms with Crippen LogP contribution in [-0.2, 0) is 9.59 Å². The Morgan fingerprint density at radius 1 is 1.26 bits per heavy atom. The maximum Gasteiger partial charge on any atom is 0.233 e. The third kappa shape index (κ3) is 3.91. The normalized spacial score (nSPS) is 27.4. The molecule has 2 aliphatic heterocycles. The molecule has 6 nitrogen and oxygen atoms in total. The fourth-order valence-corrected chi connectivity index (χ4v) is 3.11. The van der Waals surface area contributed by atoms with Gasteiger partial charge in [-0.25, -0.2) is 0 Å². The van der Waals surface area contributed by atoms with Crippen molar-refractivity contribution in [2.45, 2.75) is 83.4 Å². The number of carbonyl (C=O) groups excluding carboxylic acids is 2. The Hall–Kier alpha value is -1.43.